The standard InChI is InChI=1S/C22H17N3S.BH3.FH/c1-2-6-19(23-13-5-1)20-11-9-16-14-17(10-12-18(16)24-20)25-15-26-22-8-4-3-7-21(22)25;;/h1-14,23H,15H2;1H3;1H. The second-order valence-electron chi connectivity index (χ2n) is 6.21. The molecule has 2 aromatic carbocycles. The minimum absolute atomic E-state index is 0. The molecule has 3 aromatic rings. The summed E-state index contributed by atoms with van der Waals surface area (Å²) < 4.78 is 0. The summed E-state index contributed by atoms with van der Waals surface area (Å²) in [6.07, 6.45) is 9.96. The van der Waals surface area contributed by atoms with Gasteiger partial charge in [-0.2, -0.15) is 0 Å². The number of nitrogens with zero attached hydrogens (tertiary/aromatic N) is 2. The highest BCUT2D eigenvalue weighted by atomic mass is 32.2. The van der Waals surface area contributed by atoms with Gasteiger partial charge in [0.1, 0.15) is 0 Å². The van der Waals surface area contributed by atoms with Crippen molar-refractivity contribution in [1.82, 2.24) is 10.3 Å². The minimum atomic E-state index is 0. The molecule has 1 N–H and O–H groups in total. The second-order valence-corrected chi connectivity index (χ2v) is 7.20. The first kappa shape index (κ1) is 19.8. The van der Waals surface area contributed by atoms with Crippen LogP contribution in [-0.4, -0.2) is 19.3 Å². The van der Waals surface area contributed by atoms with E-state index in [-0.39, 0.29) is 13.1 Å². The number of fused-ring (bicyclic) bond motifs is 2. The normalized spacial score (nSPS) is 14.4. The van der Waals surface area contributed by atoms with Gasteiger partial charge >= 0.3 is 0 Å². The Morgan fingerprint density at radius 3 is 2.79 bits per heavy atom. The van der Waals surface area contributed by atoms with E-state index in [1.54, 1.807) is 0 Å². The van der Waals surface area contributed by atoms with Crippen LogP contribution in [0.2, 0.25) is 0 Å². The van der Waals surface area contributed by atoms with Crippen LogP contribution in [0.5, 0.6) is 0 Å². The number of para-hydroxylation sites is 1. The zero-order valence-electron chi connectivity index (χ0n) is 14.5. The summed E-state index contributed by atoms with van der Waals surface area (Å²) in [7, 11) is 0. The number of hydrogen-bond donors (Lipinski definition) is 1. The zero-order valence-corrected chi connectivity index (χ0v) is 15.3. The van der Waals surface area contributed by atoms with Gasteiger partial charge in [-0.05, 0) is 48.6 Å². The molecule has 0 aliphatic carbocycles. The predicted octanol–water partition coefficient (Wildman–Crippen LogP) is 4.42. The average Bonchev–Trinajstić information content (AvgIpc) is 2.93. The largest absolute Gasteiger partial charge is 0.360 e. The van der Waals surface area contributed by atoms with Crippen LogP contribution < -0.4 is 10.2 Å². The molecule has 0 spiro atoms. The highest BCUT2D eigenvalue weighted by Crippen LogP contribution is 2.42. The molecule has 0 fully saturated rings. The van der Waals surface area contributed by atoms with E-state index in [1.807, 2.05) is 42.3 Å². The van der Waals surface area contributed by atoms with Gasteiger partial charge in [-0.3, -0.25) is 4.70 Å². The summed E-state index contributed by atoms with van der Waals surface area (Å²) in [6.45, 7) is 0. The monoisotopic (exact) mass is 389 g/mol. The topological polar surface area (TPSA) is 28.2 Å². The molecule has 3 heterocycles. The van der Waals surface area contributed by atoms with Gasteiger partial charge in [0.2, 0.25) is 0 Å². The van der Waals surface area contributed by atoms with Crippen LogP contribution in [0.15, 0.2) is 90.0 Å². The minimum Gasteiger partial charge on any atom is -0.360 e. The zero-order chi connectivity index (χ0) is 17.3. The van der Waals surface area contributed by atoms with E-state index < -0.39 is 0 Å². The van der Waals surface area contributed by atoms with Gasteiger partial charge in [-0.25, -0.2) is 4.98 Å². The number of anilines is 2. The number of allylic oxidation sites excluding steroid dienone is 4. The number of hydrogen-bond acceptors (Lipinski definition) is 4. The number of aromatic nitrogens is 1. The lowest BCUT2D eigenvalue weighted by molar-refractivity contribution is 1.11. The third-order valence-electron chi connectivity index (χ3n) is 4.59. The van der Waals surface area contributed by atoms with Gasteiger partial charge in [0.15, 0.2) is 0 Å². The molecular weight excluding hydrogens is 368 g/mol. The molecule has 6 heteroatoms. The first-order chi connectivity index (χ1) is 12.9. The van der Waals surface area contributed by atoms with E-state index in [2.05, 4.69) is 64.8 Å². The highest BCUT2D eigenvalue weighted by molar-refractivity contribution is 7.99. The lowest BCUT2D eigenvalue weighted by Gasteiger charge is -2.19. The van der Waals surface area contributed by atoms with Gasteiger partial charge < -0.3 is 10.2 Å². The number of nitrogens with one attached hydrogen (secondary N) is 1. The van der Waals surface area contributed by atoms with Gasteiger partial charge in [0.25, 0.3) is 0 Å². The molecule has 0 saturated carbocycles. The van der Waals surface area contributed by atoms with Crippen LogP contribution in [0.1, 0.15) is 5.69 Å². The summed E-state index contributed by atoms with van der Waals surface area (Å²) in [5.41, 5.74) is 5.45. The lowest BCUT2D eigenvalue weighted by atomic mass is 10.1. The Morgan fingerprint density at radius 1 is 0.964 bits per heavy atom. The van der Waals surface area contributed by atoms with Crippen molar-refractivity contribution in [3.63, 3.8) is 0 Å². The van der Waals surface area contributed by atoms with Crippen LogP contribution in [-0.2, 0) is 0 Å². The third kappa shape index (κ3) is 3.55. The van der Waals surface area contributed by atoms with Crippen LogP contribution in [0.4, 0.5) is 16.1 Å². The van der Waals surface area contributed by atoms with Crippen molar-refractivity contribution in [2.45, 2.75) is 4.90 Å². The fourth-order valence-electron chi connectivity index (χ4n) is 3.27. The third-order valence-corrected chi connectivity index (χ3v) is 5.63. The van der Waals surface area contributed by atoms with Crippen molar-refractivity contribution >= 4 is 48.1 Å². The molecule has 2 aliphatic heterocycles. The maximum Gasteiger partial charge on any atom is 0.0872 e. The number of halogens is 1. The number of thioether (sulfide) groups is 1. The van der Waals surface area contributed by atoms with Gasteiger partial charge in [-0.15, -0.1) is 11.8 Å². The van der Waals surface area contributed by atoms with Gasteiger partial charge in [0.05, 0.1) is 36.9 Å². The van der Waals surface area contributed by atoms with Crippen molar-refractivity contribution in [3.8, 4) is 0 Å². The molecule has 3 nitrogen and oxygen atoms in total. The Balaban J connectivity index is 0.00000112. The lowest BCUT2D eigenvalue weighted by Crippen LogP contribution is -2.11. The van der Waals surface area contributed by atoms with Gasteiger partial charge in [0, 0.05) is 22.2 Å². The first-order valence-electron chi connectivity index (χ1n) is 8.59. The molecule has 0 amide bonds. The molecule has 28 heavy (non-hydrogen) atoms. The Bertz CT molecular complexity index is 1090. The van der Waals surface area contributed by atoms with Crippen LogP contribution in [0.25, 0.3) is 16.6 Å². The first-order valence-corrected chi connectivity index (χ1v) is 9.58. The molecule has 140 valence electrons. The SMILES string of the molecule is B.C1=CC=C(c2ccc3cc(N4CSc5ccccc54)ccc3n2)NC=C1.F. The quantitative estimate of drug-likeness (QED) is 0.657. The summed E-state index contributed by atoms with van der Waals surface area (Å²) in [5, 5.41) is 4.43. The molecule has 0 unspecified atom stereocenters. The maximum absolute atomic E-state index is 4.83. The van der Waals surface area contributed by atoms with Gasteiger partial charge in [-0.1, -0.05) is 30.4 Å². The summed E-state index contributed by atoms with van der Waals surface area (Å²) in [5.74, 6) is 0.950. The van der Waals surface area contributed by atoms with E-state index in [4.69, 9.17) is 4.98 Å². The summed E-state index contributed by atoms with van der Waals surface area (Å²) >= 11 is 1.88. The molecule has 5 rings (SSSR count). The van der Waals surface area contributed by atoms with Crippen LogP contribution >= 0.6 is 11.8 Å². The van der Waals surface area contributed by atoms with Crippen molar-refractivity contribution < 1.29 is 4.70 Å². The van der Waals surface area contributed by atoms with Crippen molar-refractivity contribution in [2.75, 3.05) is 10.8 Å². The van der Waals surface area contributed by atoms with Crippen molar-refractivity contribution in [3.05, 3.63) is 90.8 Å². The maximum atomic E-state index is 4.83. The molecule has 0 atom stereocenters. The Labute approximate surface area is 169 Å². The number of rotatable bonds is 2. The molecule has 0 saturated heterocycles. The van der Waals surface area contributed by atoms with Crippen LogP contribution in [0.3, 0.4) is 0 Å². The van der Waals surface area contributed by atoms with E-state index >= 15 is 0 Å². The van der Waals surface area contributed by atoms with E-state index in [0.717, 1.165) is 28.2 Å². The predicted molar refractivity (Wildman–Crippen MR) is 123 cm³/mol. The summed E-state index contributed by atoms with van der Waals surface area (Å²) in [4.78, 5) is 8.53. The average molecular weight is 389 g/mol. The Kier molecular flexibility index (Phi) is 5.90. The van der Waals surface area contributed by atoms with Crippen LogP contribution in [0, 0.1) is 0 Å². The molecule has 0 bridgehead atoms. The highest BCUT2D eigenvalue weighted by Gasteiger charge is 2.20. The molecule has 2 aliphatic rings. The smallest absolute Gasteiger partial charge is 0.0872 e. The Hall–Kier alpha value is -2.99. The number of benzene rings is 2. The second kappa shape index (κ2) is 8.36. The molecular formula is C22H21BFN3S. The fourth-order valence-corrected chi connectivity index (χ4v) is 4.32. The molecule has 1 aromatic heterocycles. The Morgan fingerprint density at radius 2 is 1.86 bits per heavy atom. The van der Waals surface area contributed by atoms with Crippen molar-refractivity contribution in [2.24, 2.45) is 0 Å². The molecule has 0 radical (unpaired) electrons. The van der Waals surface area contributed by atoms with E-state index in [1.165, 1.54) is 16.3 Å². The fraction of sp³-hybridized carbons (Fsp3) is 0.0455. The van der Waals surface area contributed by atoms with Crippen molar-refractivity contribution in [1.29, 1.82) is 0 Å². The van der Waals surface area contributed by atoms with E-state index in [9.17, 15) is 0 Å². The number of pyridine rings is 1. The summed E-state index contributed by atoms with van der Waals surface area (Å²) in [6, 6.07) is 19.3. The van der Waals surface area contributed by atoms with E-state index in [0.29, 0.717) is 0 Å².